The first-order valence-corrected chi connectivity index (χ1v) is 13.8. The number of nitrogens with two attached hydrogens (primary N) is 2. The molecule has 5 N–H and O–H groups in total. The lowest BCUT2D eigenvalue weighted by Crippen LogP contribution is -2.48. The van der Waals surface area contributed by atoms with Crippen LogP contribution >= 0.6 is 11.6 Å². The molecule has 0 aliphatic carbocycles. The van der Waals surface area contributed by atoms with Gasteiger partial charge in [0.1, 0.15) is 5.75 Å². The number of piperidine rings is 1. The van der Waals surface area contributed by atoms with E-state index in [2.05, 4.69) is 20.2 Å². The third kappa shape index (κ3) is 9.77. The molecule has 3 rings (SSSR count). The maximum atomic E-state index is 12.7. The fourth-order valence-electron chi connectivity index (χ4n) is 4.50. The molecule has 220 valence electrons. The molecule has 0 radical (unpaired) electrons. The number of carbonyl (C=O) groups excluding carboxylic acids is 2. The summed E-state index contributed by atoms with van der Waals surface area (Å²) < 4.78 is 15.9. The van der Waals surface area contributed by atoms with Gasteiger partial charge in [-0.15, -0.1) is 0 Å². The van der Waals surface area contributed by atoms with Crippen molar-refractivity contribution >= 4 is 35.1 Å². The first kappa shape index (κ1) is 31.3. The van der Waals surface area contributed by atoms with Gasteiger partial charge in [0, 0.05) is 39.9 Å². The molecule has 1 aliphatic heterocycles. The topological polar surface area (TPSA) is 158 Å². The number of aromatic nitrogens is 2. The van der Waals surface area contributed by atoms with Gasteiger partial charge < -0.3 is 40.8 Å². The van der Waals surface area contributed by atoms with Crippen LogP contribution in [0.25, 0.3) is 0 Å². The third-order valence-corrected chi connectivity index (χ3v) is 6.95. The number of nitrogens with zero attached hydrogens (tertiary/aromatic N) is 4. The van der Waals surface area contributed by atoms with E-state index in [0.29, 0.717) is 32.1 Å². The van der Waals surface area contributed by atoms with E-state index in [0.717, 1.165) is 45.3 Å². The summed E-state index contributed by atoms with van der Waals surface area (Å²) in [6, 6.07) is 7.81. The minimum absolute atomic E-state index is 0.00407. The van der Waals surface area contributed by atoms with E-state index >= 15 is 0 Å². The van der Waals surface area contributed by atoms with Gasteiger partial charge in [-0.25, -0.2) is 9.97 Å². The number of anilines is 2. The molecule has 1 fully saturated rings. The molecule has 2 amide bonds. The molecule has 1 atom stereocenters. The van der Waals surface area contributed by atoms with Gasteiger partial charge in [-0.2, -0.15) is 0 Å². The summed E-state index contributed by atoms with van der Waals surface area (Å²) in [4.78, 5) is 37.1. The molecule has 1 saturated heterocycles. The zero-order valence-electron chi connectivity index (χ0n) is 23.2. The number of aryl methyl sites for hydroxylation is 1. The Morgan fingerprint density at radius 1 is 1.10 bits per heavy atom. The molecule has 1 unspecified atom stereocenters. The van der Waals surface area contributed by atoms with Gasteiger partial charge in [-0.3, -0.25) is 9.59 Å². The number of nitrogen functional groups attached to an aromatic ring is 2. The van der Waals surface area contributed by atoms with Crippen LogP contribution in [0.2, 0.25) is 5.15 Å². The number of ether oxygens (including phenoxy) is 3. The number of nitrogens with one attached hydrogen (secondary N) is 1. The number of carbonyl (C=O) groups is 2. The van der Waals surface area contributed by atoms with Crippen molar-refractivity contribution < 1.29 is 23.8 Å². The summed E-state index contributed by atoms with van der Waals surface area (Å²) in [5, 5.41) is 2.96. The first-order chi connectivity index (χ1) is 19.3. The SMILES string of the molecule is COCCN(CCOC)C(=O)COc1ccc(CCCN2CCCC(NC(=O)c3nc(Cl)c(N)nc3N)C2)cc1. The molecule has 0 saturated carbocycles. The normalized spacial score (nSPS) is 15.5. The number of rotatable bonds is 15. The predicted molar refractivity (Wildman–Crippen MR) is 153 cm³/mol. The Morgan fingerprint density at radius 3 is 2.48 bits per heavy atom. The van der Waals surface area contributed by atoms with Crippen LogP contribution in [0, 0.1) is 0 Å². The summed E-state index contributed by atoms with van der Waals surface area (Å²) in [6.07, 6.45) is 3.73. The fraction of sp³-hybridized carbons (Fsp3) is 0.556. The molecule has 13 heteroatoms. The van der Waals surface area contributed by atoms with Gasteiger partial charge in [0.15, 0.2) is 29.1 Å². The highest BCUT2D eigenvalue weighted by molar-refractivity contribution is 6.31. The van der Waals surface area contributed by atoms with Gasteiger partial charge in [0.25, 0.3) is 11.8 Å². The molecular formula is C27H40ClN7O5. The van der Waals surface area contributed by atoms with Gasteiger partial charge in [-0.1, -0.05) is 23.7 Å². The number of hydrogen-bond donors (Lipinski definition) is 3. The average Bonchev–Trinajstić information content (AvgIpc) is 2.94. The molecule has 1 aliphatic rings. The Morgan fingerprint density at radius 2 is 1.80 bits per heavy atom. The van der Waals surface area contributed by atoms with Gasteiger partial charge >= 0.3 is 0 Å². The zero-order valence-corrected chi connectivity index (χ0v) is 24.0. The standard InChI is InChI=1S/C27H40ClN7O5/c1-38-15-13-35(14-16-39-2)22(36)18-40-21-9-7-19(8-10-21)5-3-11-34-12-4-6-20(17-34)31-27(37)23-25(29)33-26(30)24(28)32-23/h7-10,20H,3-6,11-18H2,1-2H3,(H,31,37)(H4,29,30,33). The largest absolute Gasteiger partial charge is 0.484 e. The fourth-order valence-corrected chi connectivity index (χ4v) is 4.63. The summed E-state index contributed by atoms with van der Waals surface area (Å²) in [5.74, 6) is 0.0953. The van der Waals surface area contributed by atoms with Crippen LogP contribution in [0.4, 0.5) is 11.6 Å². The minimum atomic E-state index is -0.402. The van der Waals surface area contributed by atoms with E-state index in [1.54, 1.807) is 19.1 Å². The van der Waals surface area contributed by atoms with Crippen LogP contribution in [-0.2, 0) is 20.7 Å². The number of likely N-dealkylation sites (tertiary alicyclic amines) is 1. The second-order valence-electron chi connectivity index (χ2n) is 9.65. The Balaban J connectivity index is 1.40. The molecule has 0 bridgehead atoms. The average molecular weight is 578 g/mol. The highest BCUT2D eigenvalue weighted by Gasteiger charge is 2.24. The van der Waals surface area contributed by atoms with Crippen molar-refractivity contribution in [3.63, 3.8) is 0 Å². The van der Waals surface area contributed by atoms with Crippen LogP contribution in [0.5, 0.6) is 5.75 Å². The molecule has 0 spiro atoms. The van der Waals surface area contributed by atoms with Crippen LogP contribution in [-0.4, -0.2) is 104 Å². The van der Waals surface area contributed by atoms with Crippen LogP contribution in [0.3, 0.4) is 0 Å². The molecule has 1 aromatic carbocycles. The van der Waals surface area contributed by atoms with E-state index in [9.17, 15) is 9.59 Å². The van der Waals surface area contributed by atoms with Gasteiger partial charge in [0.05, 0.1) is 13.2 Å². The van der Waals surface area contributed by atoms with Crippen molar-refractivity contribution in [2.75, 3.05) is 78.2 Å². The number of benzene rings is 1. The summed E-state index contributed by atoms with van der Waals surface area (Å²) in [6.45, 7) is 4.50. The Kier molecular flexibility index (Phi) is 12.7. The number of methoxy groups -OCH3 is 2. The molecule has 2 aromatic rings. The lowest BCUT2D eigenvalue weighted by atomic mass is 10.0. The number of amides is 2. The molecule has 1 aromatic heterocycles. The first-order valence-electron chi connectivity index (χ1n) is 13.4. The van der Waals surface area contributed by atoms with E-state index in [-0.39, 0.29) is 41.0 Å². The predicted octanol–water partition coefficient (Wildman–Crippen LogP) is 1.62. The quantitative estimate of drug-likeness (QED) is 0.284. The van der Waals surface area contributed by atoms with Gasteiger partial charge in [0.2, 0.25) is 0 Å². The van der Waals surface area contributed by atoms with Crippen molar-refractivity contribution in [3.8, 4) is 5.75 Å². The smallest absolute Gasteiger partial charge is 0.274 e. The Hall–Kier alpha value is -3.19. The van der Waals surface area contributed by atoms with E-state index in [1.807, 2.05) is 24.3 Å². The molecule has 2 heterocycles. The Bertz CT molecular complexity index is 1100. The second-order valence-corrected chi connectivity index (χ2v) is 10.0. The summed E-state index contributed by atoms with van der Waals surface area (Å²) >= 11 is 5.91. The highest BCUT2D eigenvalue weighted by atomic mass is 35.5. The van der Waals surface area contributed by atoms with E-state index in [4.69, 9.17) is 37.3 Å². The molecule has 40 heavy (non-hydrogen) atoms. The van der Waals surface area contributed by atoms with Crippen LogP contribution in [0.15, 0.2) is 24.3 Å². The second kappa shape index (κ2) is 16.2. The van der Waals surface area contributed by atoms with Crippen molar-refractivity contribution in [2.24, 2.45) is 0 Å². The maximum absolute atomic E-state index is 12.7. The van der Waals surface area contributed by atoms with E-state index in [1.165, 1.54) is 5.56 Å². The van der Waals surface area contributed by atoms with E-state index < -0.39 is 5.91 Å². The summed E-state index contributed by atoms with van der Waals surface area (Å²) in [7, 11) is 3.21. The van der Waals surface area contributed by atoms with Gasteiger partial charge in [-0.05, 0) is 56.5 Å². The maximum Gasteiger partial charge on any atom is 0.274 e. The van der Waals surface area contributed by atoms with Crippen molar-refractivity contribution in [3.05, 3.63) is 40.7 Å². The highest BCUT2D eigenvalue weighted by Crippen LogP contribution is 2.19. The monoisotopic (exact) mass is 577 g/mol. The molecule has 12 nitrogen and oxygen atoms in total. The summed E-state index contributed by atoms with van der Waals surface area (Å²) in [5.41, 5.74) is 12.6. The van der Waals surface area contributed by atoms with Crippen molar-refractivity contribution in [1.29, 1.82) is 0 Å². The molecular weight excluding hydrogens is 538 g/mol. The number of hydrogen-bond acceptors (Lipinski definition) is 10. The van der Waals surface area contributed by atoms with Crippen molar-refractivity contribution in [1.82, 2.24) is 25.1 Å². The number of halogens is 1. The Labute approximate surface area is 240 Å². The minimum Gasteiger partial charge on any atom is -0.484 e. The third-order valence-electron chi connectivity index (χ3n) is 6.67. The zero-order chi connectivity index (χ0) is 28.9. The van der Waals surface area contributed by atoms with Crippen LogP contribution in [0.1, 0.15) is 35.3 Å². The lowest BCUT2D eigenvalue weighted by molar-refractivity contribution is -0.134. The van der Waals surface area contributed by atoms with Crippen LogP contribution < -0.4 is 21.5 Å². The van der Waals surface area contributed by atoms with Crippen molar-refractivity contribution in [2.45, 2.75) is 31.7 Å². The lowest BCUT2D eigenvalue weighted by Gasteiger charge is -2.33.